The number of carbonyl (C=O) groups excluding carboxylic acids is 1. The van der Waals surface area contributed by atoms with Crippen LogP contribution < -0.4 is 0 Å². The fourth-order valence-electron chi connectivity index (χ4n) is 2.85. The molecule has 0 saturated heterocycles. The van der Waals surface area contributed by atoms with Gasteiger partial charge in [-0.2, -0.15) is 0 Å². The molecule has 24 heavy (non-hydrogen) atoms. The zero-order chi connectivity index (χ0) is 16.9. The number of aryl methyl sites for hydroxylation is 2. The van der Waals surface area contributed by atoms with Gasteiger partial charge in [-0.3, -0.25) is 4.79 Å². The van der Waals surface area contributed by atoms with Crippen molar-refractivity contribution in [3.63, 3.8) is 0 Å². The quantitative estimate of drug-likeness (QED) is 0.729. The molecule has 0 atom stereocenters. The molecule has 1 heterocycles. The molecule has 3 rings (SSSR count). The van der Waals surface area contributed by atoms with Crippen molar-refractivity contribution in [3.05, 3.63) is 41.9 Å². The first kappa shape index (κ1) is 16.7. The van der Waals surface area contributed by atoms with Crippen molar-refractivity contribution in [2.24, 2.45) is 5.92 Å². The second-order valence-electron chi connectivity index (χ2n) is 6.77. The molecule has 0 unspecified atom stereocenters. The van der Waals surface area contributed by atoms with Gasteiger partial charge in [-0.1, -0.05) is 36.8 Å². The van der Waals surface area contributed by atoms with E-state index in [1.54, 1.807) is 6.20 Å². The van der Waals surface area contributed by atoms with E-state index in [1.165, 1.54) is 18.4 Å². The van der Waals surface area contributed by atoms with Gasteiger partial charge in [0.05, 0.1) is 6.20 Å². The molecule has 128 valence electrons. The summed E-state index contributed by atoms with van der Waals surface area (Å²) in [7, 11) is 0. The van der Waals surface area contributed by atoms with Gasteiger partial charge in [0, 0.05) is 31.5 Å². The van der Waals surface area contributed by atoms with E-state index in [0.717, 1.165) is 36.8 Å². The van der Waals surface area contributed by atoms with Crippen molar-refractivity contribution in [1.29, 1.82) is 0 Å². The monoisotopic (exact) mass is 326 g/mol. The Morgan fingerprint density at radius 3 is 2.71 bits per heavy atom. The van der Waals surface area contributed by atoms with Crippen LogP contribution in [-0.2, 0) is 11.2 Å². The summed E-state index contributed by atoms with van der Waals surface area (Å²) in [6.07, 6.45) is 6.34. The Bertz CT molecular complexity index is 671. The number of hydrogen-bond donors (Lipinski definition) is 0. The van der Waals surface area contributed by atoms with Crippen molar-refractivity contribution >= 4 is 5.91 Å². The molecule has 0 bridgehead atoms. The molecule has 4 heteroatoms. The zero-order valence-corrected chi connectivity index (χ0v) is 14.6. The van der Waals surface area contributed by atoms with E-state index in [1.807, 2.05) is 17.0 Å². The van der Waals surface area contributed by atoms with Crippen molar-refractivity contribution in [2.75, 3.05) is 13.1 Å². The molecule has 1 aliphatic rings. The number of amides is 1. The van der Waals surface area contributed by atoms with Crippen LogP contribution in [0.5, 0.6) is 0 Å². The molecule has 1 aromatic heterocycles. The van der Waals surface area contributed by atoms with Crippen LogP contribution in [0.4, 0.5) is 0 Å². The number of rotatable bonds is 8. The standard InChI is InChI=1S/C20H26N2O2/c1-3-12-22(14-16-6-7-16)20(23)11-10-19-21-13-18(24-19)17-8-4-15(2)5-9-17/h4-5,8-9,13,16H,3,6-7,10-12,14H2,1-2H3. The lowest BCUT2D eigenvalue weighted by molar-refractivity contribution is -0.131. The van der Waals surface area contributed by atoms with Gasteiger partial charge in [0.25, 0.3) is 0 Å². The molecule has 1 saturated carbocycles. The SMILES string of the molecule is CCCN(CC1CC1)C(=O)CCc1ncc(-c2ccc(C)cc2)o1. The molecule has 1 amide bonds. The molecule has 1 aliphatic carbocycles. The molecule has 4 nitrogen and oxygen atoms in total. The Morgan fingerprint density at radius 1 is 1.29 bits per heavy atom. The number of benzene rings is 1. The van der Waals surface area contributed by atoms with Crippen LogP contribution >= 0.6 is 0 Å². The summed E-state index contributed by atoms with van der Waals surface area (Å²) in [5, 5.41) is 0. The van der Waals surface area contributed by atoms with Crippen LogP contribution in [0.15, 0.2) is 34.9 Å². The van der Waals surface area contributed by atoms with Crippen LogP contribution in [0.1, 0.15) is 44.1 Å². The Morgan fingerprint density at radius 2 is 2.04 bits per heavy atom. The maximum Gasteiger partial charge on any atom is 0.223 e. The molecule has 2 aromatic rings. The van der Waals surface area contributed by atoms with E-state index >= 15 is 0 Å². The number of hydrogen-bond acceptors (Lipinski definition) is 3. The van der Waals surface area contributed by atoms with Gasteiger partial charge >= 0.3 is 0 Å². The molecule has 0 aliphatic heterocycles. The van der Waals surface area contributed by atoms with Gasteiger partial charge in [-0.15, -0.1) is 0 Å². The van der Waals surface area contributed by atoms with Gasteiger partial charge in [-0.25, -0.2) is 4.98 Å². The topological polar surface area (TPSA) is 46.3 Å². The van der Waals surface area contributed by atoms with Crippen molar-refractivity contribution < 1.29 is 9.21 Å². The summed E-state index contributed by atoms with van der Waals surface area (Å²) < 4.78 is 5.81. The average molecular weight is 326 g/mol. The Hall–Kier alpha value is -2.10. The summed E-state index contributed by atoms with van der Waals surface area (Å²) in [5.41, 5.74) is 2.24. The minimum absolute atomic E-state index is 0.221. The second kappa shape index (κ2) is 7.65. The van der Waals surface area contributed by atoms with E-state index < -0.39 is 0 Å². The minimum atomic E-state index is 0.221. The highest BCUT2D eigenvalue weighted by molar-refractivity contribution is 5.76. The number of carbonyl (C=O) groups is 1. The van der Waals surface area contributed by atoms with Crippen LogP contribution in [-0.4, -0.2) is 28.9 Å². The van der Waals surface area contributed by atoms with E-state index in [2.05, 4.69) is 31.0 Å². The third-order valence-electron chi connectivity index (χ3n) is 4.46. The number of aromatic nitrogens is 1. The van der Waals surface area contributed by atoms with Gasteiger partial charge < -0.3 is 9.32 Å². The highest BCUT2D eigenvalue weighted by Crippen LogP contribution is 2.30. The summed E-state index contributed by atoms with van der Waals surface area (Å²) >= 11 is 0. The highest BCUT2D eigenvalue weighted by Gasteiger charge is 2.26. The van der Waals surface area contributed by atoms with Gasteiger partial charge in [0.2, 0.25) is 5.91 Å². The fraction of sp³-hybridized carbons (Fsp3) is 0.500. The predicted molar refractivity (Wildman–Crippen MR) is 94.6 cm³/mol. The van der Waals surface area contributed by atoms with Crippen molar-refractivity contribution in [3.8, 4) is 11.3 Å². The second-order valence-corrected chi connectivity index (χ2v) is 6.77. The third-order valence-corrected chi connectivity index (χ3v) is 4.46. The van der Waals surface area contributed by atoms with E-state index in [9.17, 15) is 4.79 Å². The average Bonchev–Trinajstić information content (AvgIpc) is 3.28. The first-order chi connectivity index (χ1) is 11.7. The Labute approximate surface area is 143 Å². The first-order valence-electron chi connectivity index (χ1n) is 8.95. The van der Waals surface area contributed by atoms with Crippen LogP contribution in [0.3, 0.4) is 0 Å². The molecule has 0 N–H and O–H groups in total. The van der Waals surface area contributed by atoms with Crippen molar-refractivity contribution in [2.45, 2.75) is 46.0 Å². The lowest BCUT2D eigenvalue weighted by Gasteiger charge is -2.21. The zero-order valence-electron chi connectivity index (χ0n) is 14.6. The number of nitrogens with zero attached hydrogens (tertiary/aromatic N) is 2. The maximum atomic E-state index is 12.4. The normalized spacial score (nSPS) is 13.9. The lowest BCUT2D eigenvalue weighted by atomic mass is 10.1. The van der Waals surface area contributed by atoms with Crippen LogP contribution in [0, 0.1) is 12.8 Å². The van der Waals surface area contributed by atoms with Gasteiger partial charge in [0.1, 0.15) is 0 Å². The van der Waals surface area contributed by atoms with E-state index in [4.69, 9.17) is 4.42 Å². The highest BCUT2D eigenvalue weighted by atomic mass is 16.4. The van der Waals surface area contributed by atoms with Crippen LogP contribution in [0.25, 0.3) is 11.3 Å². The molecule has 0 radical (unpaired) electrons. The lowest BCUT2D eigenvalue weighted by Crippen LogP contribution is -2.33. The largest absolute Gasteiger partial charge is 0.441 e. The maximum absolute atomic E-state index is 12.4. The van der Waals surface area contributed by atoms with Crippen LogP contribution in [0.2, 0.25) is 0 Å². The van der Waals surface area contributed by atoms with E-state index in [-0.39, 0.29) is 5.91 Å². The Kier molecular flexibility index (Phi) is 5.34. The van der Waals surface area contributed by atoms with E-state index in [0.29, 0.717) is 18.7 Å². The summed E-state index contributed by atoms with van der Waals surface area (Å²) in [6.45, 7) is 5.96. The summed E-state index contributed by atoms with van der Waals surface area (Å²) in [4.78, 5) is 18.8. The third kappa shape index (κ3) is 4.47. The summed E-state index contributed by atoms with van der Waals surface area (Å²) in [6, 6.07) is 8.18. The van der Waals surface area contributed by atoms with Crippen molar-refractivity contribution in [1.82, 2.24) is 9.88 Å². The molecule has 0 spiro atoms. The molecular formula is C20H26N2O2. The predicted octanol–water partition coefficient (Wildman–Crippen LogP) is 4.23. The van der Waals surface area contributed by atoms with Gasteiger partial charge in [0.15, 0.2) is 11.7 Å². The van der Waals surface area contributed by atoms with Gasteiger partial charge in [-0.05, 0) is 32.1 Å². The Balaban J connectivity index is 1.56. The smallest absolute Gasteiger partial charge is 0.223 e. The molecule has 1 aromatic carbocycles. The minimum Gasteiger partial charge on any atom is -0.441 e. The molecule has 1 fully saturated rings. The summed E-state index contributed by atoms with van der Waals surface area (Å²) in [5.74, 6) is 2.36. The first-order valence-corrected chi connectivity index (χ1v) is 8.95. The fourth-order valence-corrected chi connectivity index (χ4v) is 2.85. The number of oxazole rings is 1. The molecular weight excluding hydrogens is 300 g/mol.